The molecule has 0 bridgehead atoms. The number of nitrogens with zero attached hydrogens (tertiary/aromatic N) is 2. The molecule has 0 saturated heterocycles. The summed E-state index contributed by atoms with van der Waals surface area (Å²) in [6.45, 7) is 1.42. The van der Waals surface area contributed by atoms with Crippen LogP contribution in [0.3, 0.4) is 0 Å². The molecule has 1 atom stereocenters. The van der Waals surface area contributed by atoms with Gasteiger partial charge in [-0.05, 0) is 43.3 Å². The maximum Gasteiger partial charge on any atom is 0.344 e. The number of carbonyl (C=O) groups is 1. The SMILES string of the molecule is C[C@H](Oc1cc2c(-c3ccc(Oc4ccc(Cl)cc4)nc3)noc2cc1Cl)C(=O)O. The Bertz CT molecular complexity index is 1210. The predicted octanol–water partition coefficient (Wildman–Crippen LogP) is 5.84. The van der Waals surface area contributed by atoms with Gasteiger partial charge in [0.25, 0.3) is 0 Å². The first kappa shape index (κ1) is 20.0. The Kier molecular flexibility index (Phi) is 5.48. The van der Waals surface area contributed by atoms with Gasteiger partial charge in [-0.15, -0.1) is 0 Å². The molecule has 0 fully saturated rings. The van der Waals surface area contributed by atoms with Gasteiger partial charge in [-0.1, -0.05) is 28.4 Å². The summed E-state index contributed by atoms with van der Waals surface area (Å²) in [5.41, 5.74) is 1.63. The minimum atomic E-state index is -1.10. The Morgan fingerprint density at radius 1 is 1.13 bits per heavy atom. The van der Waals surface area contributed by atoms with E-state index in [4.69, 9.17) is 42.3 Å². The van der Waals surface area contributed by atoms with E-state index in [1.165, 1.54) is 13.0 Å². The van der Waals surface area contributed by atoms with E-state index < -0.39 is 12.1 Å². The van der Waals surface area contributed by atoms with Crippen molar-refractivity contribution in [1.29, 1.82) is 0 Å². The zero-order chi connectivity index (χ0) is 21.3. The summed E-state index contributed by atoms with van der Waals surface area (Å²) >= 11 is 12.0. The van der Waals surface area contributed by atoms with Gasteiger partial charge in [0.15, 0.2) is 11.7 Å². The number of benzene rings is 2. The molecule has 0 aliphatic rings. The Morgan fingerprint density at radius 2 is 1.90 bits per heavy atom. The first-order valence-corrected chi connectivity index (χ1v) is 9.54. The number of hydrogen-bond acceptors (Lipinski definition) is 6. The average molecular weight is 445 g/mol. The fraction of sp³-hybridized carbons (Fsp3) is 0.0952. The monoisotopic (exact) mass is 444 g/mol. The summed E-state index contributed by atoms with van der Waals surface area (Å²) in [7, 11) is 0. The maximum atomic E-state index is 11.1. The molecule has 0 aliphatic heterocycles. The van der Waals surface area contributed by atoms with Crippen LogP contribution in [0, 0.1) is 0 Å². The van der Waals surface area contributed by atoms with Crippen molar-refractivity contribution in [2.24, 2.45) is 0 Å². The number of aliphatic carboxylic acids is 1. The fourth-order valence-electron chi connectivity index (χ4n) is 2.68. The van der Waals surface area contributed by atoms with Crippen molar-refractivity contribution in [2.45, 2.75) is 13.0 Å². The second-order valence-electron chi connectivity index (χ2n) is 6.35. The molecule has 0 amide bonds. The molecule has 9 heteroatoms. The maximum absolute atomic E-state index is 11.1. The van der Waals surface area contributed by atoms with Crippen molar-refractivity contribution in [1.82, 2.24) is 10.1 Å². The van der Waals surface area contributed by atoms with E-state index in [0.717, 1.165) is 0 Å². The van der Waals surface area contributed by atoms with E-state index in [2.05, 4.69) is 10.1 Å². The minimum absolute atomic E-state index is 0.221. The zero-order valence-corrected chi connectivity index (χ0v) is 17.0. The molecular formula is C21H14Cl2N2O5. The standard InChI is InChI=1S/C21H14Cl2N2O5/c1-11(21(26)27)28-18-8-15-17(9-16(18)23)30-25-20(15)12-2-7-19(24-10-12)29-14-5-3-13(22)4-6-14/h2-11H,1H3,(H,26,27)/t11-/m0/s1. The minimum Gasteiger partial charge on any atom is -0.479 e. The second kappa shape index (κ2) is 8.22. The summed E-state index contributed by atoms with van der Waals surface area (Å²) in [4.78, 5) is 15.4. The van der Waals surface area contributed by atoms with Gasteiger partial charge in [0.1, 0.15) is 17.2 Å². The molecule has 2 heterocycles. The largest absolute Gasteiger partial charge is 0.479 e. The number of pyridine rings is 1. The lowest BCUT2D eigenvalue weighted by Gasteiger charge is -2.11. The zero-order valence-electron chi connectivity index (χ0n) is 15.5. The van der Waals surface area contributed by atoms with E-state index in [1.54, 1.807) is 48.7 Å². The summed E-state index contributed by atoms with van der Waals surface area (Å²) in [6, 6.07) is 13.5. The highest BCUT2D eigenvalue weighted by Gasteiger charge is 2.19. The molecule has 1 N–H and O–H groups in total. The molecule has 0 radical (unpaired) electrons. The predicted molar refractivity (Wildman–Crippen MR) is 112 cm³/mol. The first-order valence-electron chi connectivity index (χ1n) is 8.79. The van der Waals surface area contributed by atoms with Crippen LogP contribution in [-0.2, 0) is 4.79 Å². The number of rotatable bonds is 6. The molecule has 0 unspecified atom stereocenters. The highest BCUT2D eigenvalue weighted by Crippen LogP contribution is 2.36. The Morgan fingerprint density at radius 3 is 2.57 bits per heavy atom. The van der Waals surface area contributed by atoms with Gasteiger partial charge >= 0.3 is 5.97 Å². The van der Waals surface area contributed by atoms with Crippen molar-refractivity contribution < 1.29 is 23.9 Å². The molecule has 2 aromatic heterocycles. The van der Waals surface area contributed by atoms with Crippen LogP contribution in [0.4, 0.5) is 0 Å². The van der Waals surface area contributed by atoms with E-state index >= 15 is 0 Å². The molecule has 2 aromatic carbocycles. The average Bonchev–Trinajstić information content (AvgIpc) is 3.13. The van der Waals surface area contributed by atoms with Crippen LogP contribution < -0.4 is 9.47 Å². The first-order chi connectivity index (χ1) is 14.4. The third kappa shape index (κ3) is 4.17. The lowest BCUT2D eigenvalue weighted by atomic mass is 10.1. The number of aromatic nitrogens is 2. The topological polar surface area (TPSA) is 94.7 Å². The molecule has 0 aliphatic carbocycles. The molecule has 30 heavy (non-hydrogen) atoms. The van der Waals surface area contributed by atoms with E-state index in [0.29, 0.717) is 38.9 Å². The molecule has 7 nitrogen and oxygen atoms in total. The number of carboxylic acid groups (broad SMARTS) is 1. The number of halogens is 2. The third-order valence-electron chi connectivity index (χ3n) is 4.22. The molecule has 4 rings (SSSR count). The van der Waals surface area contributed by atoms with Gasteiger partial charge in [0, 0.05) is 28.9 Å². The number of hydrogen-bond donors (Lipinski definition) is 1. The van der Waals surface area contributed by atoms with Crippen molar-refractivity contribution >= 4 is 40.1 Å². The second-order valence-corrected chi connectivity index (χ2v) is 7.19. The normalized spacial score (nSPS) is 12.0. The summed E-state index contributed by atoms with van der Waals surface area (Å²) in [5.74, 6) is 0.128. The van der Waals surface area contributed by atoms with Crippen LogP contribution >= 0.6 is 23.2 Å². The molecule has 4 aromatic rings. The highest BCUT2D eigenvalue weighted by atomic mass is 35.5. The van der Waals surface area contributed by atoms with Gasteiger partial charge in [0.05, 0.1) is 10.4 Å². The third-order valence-corrected chi connectivity index (χ3v) is 4.77. The van der Waals surface area contributed by atoms with E-state index in [1.807, 2.05) is 0 Å². The summed E-state index contributed by atoms with van der Waals surface area (Å²) < 4.78 is 16.5. The van der Waals surface area contributed by atoms with Crippen LogP contribution in [-0.4, -0.2) is 27.3 Å². The summed E-state index contributed by atoms with van der Waals surface area (Å²) in [6.07, 6.45) is 0.534. The number of ether oxygens (including phenoxy) is 2. The smallest absolute Gasteiger partial charge is 0.344 e. The fourth-order valence-corrected chi connectivity index (χ4v) is 3.01. The number of fused-ring (bicyclic) bond motifs is 1. The quantitative estimate of drug-likeness (QED) is 0.398. The molecule has 0 spiro atoms. The van der Waals surface area contributed by atoms with Gasteiger partial charge in [-0.25, -0.2) is 9.78 Å². The molecule has 152 valence electrons. The Labute approximate surface area is 180 Å². The van der Waals surface area contributed by atoms with Crippen molar-refractivity contribution in [3.8, 4) is 28.6 Å². The van der Waals surface area contributed by atoms with Crippen LogP contribution in [0.2, 0.25) is 10.0 Å². The number of carboxylic acids is 1. The van der Waals surface area contributed by atoms with E-state index in [-0.39, 0.29) is 10.8 Å². The van der Waals surface area contributed by atoms with Crippen molar-refractivity contribution in [3.63, 3.8) is 0 Å². The van der Waals surface area contributed by atoms with Gasteiger partial charge in [-0.3, -0.25) is 0 Å². The molecular weight excluding hydrogens is 431 g/mol. The van der Waals surface area contributed by atoms with Crippen LogP contribution in [0.1, 0.15) is 6.92 Å². The van der Waals surface area contributed by atoms with E-state index in [9.17, 15) is 4.79 Å². The van der Waals surface area contributed by atoms with Gasteiger partial charge < -0.3 is 19.1 Å². The van der Waals surface area contributed by atoms with Crippen LogP contribution in [0.25, 0.3) is 22.2 Å². The lowest BCUT2D eigenvalue weighted by molar-refractivity contribution is -0.144. The van der Waals surface area contributed by atoms with Crippen molar-refractivity contribution in [2.75, 3.05) is 0 Å². The summed E-state index contributed by atoms with van der Waals surface area (Å²) in [5, 5.41) is 14.6. The highest BCUT2D eigenvalue weighted by molar-refractivity contribution is 6.33. The van der Waals surface area contributed by atoms with Crippen LogP contribution in [0.5, 0.6) is 17.4 Å². The lowest BCUT2D eigenvalue weighted by Crippen LogP contribution is -2.22. The van der Waals surface area contributed by atoms with Gasteiger partial charge in [0.2, 0.25) is 5.88 Å². The molecule has 0 saturated carbocycles. The van der Waals surface area contributed by atoms with Crippen molar-refractivity contribution in [3.05, 3.63) is 64.8 Å². The Hall–Kier alpha value is -3.29. The van der Waals surface area contributed by atoms with Crippen LogP contribution in [0.15, 0.2) is 59.3 Å². The Balaban J connectivity index is 1.62. The van der Waals surface area contributed by atoms with Gasteiger partial charge in [-0.2, -0.15) is 0 Å².